The molecule has 2 unspecified atom stereocenters. The zero-order valence-corrected chi connectivity index (χ0v) is 15.7. The molecule has 10 nitrogen and oxygen atoms in total. The van der Waals surface area contributed by atoms with Crippen molar-refractivity contribution in [2.75, 3.05) is 32.7 Å². The molecule has 0 saturated heterocycles. The van der Waals surface area contributed by atoms with Crippen LogP contribution in [-0.2, 0) is 9.13 Å². The van der Waals surface area contributed by atoms with Crippen LogP contribution in [0.4, 0.5) is 0 Å². The van der Waals surface area contributed by atoms with Crippen LogP contribution in [0.5, 0.6) is 0 Å². The lowest BCUT2D eigenvalue weighted by Gasteiger charge is -2.31. The Bertz CT molecular complexity index is 424. The van der Waals surface area contributed by atoms with Crippen molar-refractivity contribution in [3.05, 3.63) is 0 Å². The van der Waals surface area contributed by atoms with E-state index in [-0.39, 0.29) is 38.9 Å². The average molecular weight is 390 g/mol. The molecule has 0 heterocycles. The van der Waals surface area contributed by atoms with Crippen molar-refractivity contribution in [1.82, 2.24) is 4.90 Å². The van der Waals surface area contributed by atoms with Crippen LogP contribution in [0.25, 0.3) is 0 Å². The monoisotopic (exact) mass is 390 g/mol. The number of unbranched alkanes of at least 4 members (excludes halogenated alkanes) is 1. The molecule has 0 bridgehead atoms. The molecule has 0 amide bonds. The van der Waals surface area contributed by atoms with Crippen LogP contribution in [-0.4, -0.2) is 68.6 Å². The zero-order valence-electron chi connectivity index (χ0n) is 13.9. The second kappa shape index (κ2) is 11.7. The van der Waals surface area contributed by atoms with Crippen molar-refractivity contribution in [2.24, 2.45) is 17.2 Å². The number of hydrogen-bond acceptors (Lipinski definition) is 6. The molecular weight excluding hydrogens is 358 g/mol. The van der Waals surface area contributed by atoms with Crippen molar-refractivity contribution >= 4 is 15.2 Å². The van der Waals surface area contributed by atoms with Gasteiger partial charge in [-0.1, -0.05) is 12.8 Å². The number of nitrogens with two attached hydrogens (primary N) is 3. The molecule has 0 aliphatic carbocycles. The lowest BCUT2D eigenvalue weighted by Crippen LogP contribution is -2.41. The van der Waals surface area contributed by atoms with Crippen LogP contribution in [0.2, 0.25) is 0 Å². The molecule has 10 N–H and O–H groups in total. The minimum atomic E-state index is -4.36. The van der Waals surface area contributed by atoms with Crippen molar-refractivity contribution in [3.8, 4) is 0 Å². The van der Waals surface area contributed by atoms with E-state index in [9.17, 15) is 28.7 Å². The number of hydrogen-bond donors (Lipinski definition) is 7. The van der Waals surface area contributed by atoms with Gasteiger partial charge in [0.15, 0.2) is 0 Å². The molecule has 0 rings (SSSR count). The SMILES string of the molecule is NCCC(CCCCC(N(CCN)CCN)P(=O)(O)O)P(=O)(O)O. The Hall–Kier alpha value is 0.140. The first-order valence-corrected chi connectivity index (χ1v) is 11.4. The van der Waals surface area contributed by atoms with E-state index in [0.29, 0.717) is 25.9 Å². The molecule has 0 aromatic rings. The molecule has 0 aromatic heterocycles. The first-order valence-electron chi connectivity index (χ1n) is 8.02. The molecular formula is C12H32N4O6P2. The summed E-state index contributed by atoms with van der Waals surface area (Å²) in [6, 6.07) is 0. The summed E-state index contributed by atoms with van der Waals surface area (Å²) in [4.78, 5) is 39.3. The summed E-state index contributed by atoms with van der Waals surface area (Å²) in [5.74, 6) is -0.979. The van der Waals surface area contributed by atoms with Gasteiger partial charge in [0, 0.05) is 26.2 Å². The van der Waals surface area contributed by atoms with Gasteiger partial charge in [-0.15, -0.1) is 0 Å². The van der Waals surface area contributed by atoms with Gasteiger partial charge in [-0.2, -0.15) is 0 Å². The number of rotatable bonds is 14. The van der Waals surface area contributed by atoms with Crippen LogP contribution in [0, 0.1) is 0 Å². The van der Waals surface area contributed by atoms with E-state index in [0.717, 1.165) is 0 Å². The fraction of sp³-hybridized carbons (Fsp3) is 1.00. The molecule has 2 atom stereocenters. The van der Waals surface area contributed by atoms with Gasteiger partial charge in [0.05, 0.1) is 5.66 Å². The molecule has 0 saturated carbocycles. The lowest BCUT2D eigenvalue weighted by molar-refractivity contribution is 0.211. The molecule has 0 aromatic carbocycles. The van der Waals surface area contributed by atoms with Gasteiger partial charge in [0.25, 0.3) is 0 Å². The average Bonchev–Trinajstić information content (AvgIpc) is 2.43. The minimum absolute atomic E-state index is 0.182. The fourth-order valence-corrected chi connectivity index (χ4v) is 4.86. The highest BCUT2D eigenvalue weighted by Crippen LogP contribution is 2.47. The molecule has 0 spiro atoms. The molecule has 24 heavy (non-hydrogen) atoms. The summed E-state index contributed by atoms with van der Waals surface area (Å²) in [7, 11) is -8.57. The van der Waals surface area contributed by atoms with Gasteiger partial charge in [-0.25, -0.2) is 0 Å². The zero-order chi connectivity index (χ0) is 18.8. The highest BCUT2D eigenvalue weighted by Gasteiger charge is 2.33. The Labute approximate surface area is 143 Å². The second-order valence-corrected chi connectivity index (χ2v) is 9.47. The van der Waals surface area contributed by atoms with Crippen molar-refractivity contribution in [1.29, 1.82) is 0 Å². The third-order valence-corrected chi connectivity index (χ3v) is 6.70. The third-order valence-electron chi connectivity index (χ3n) is 3.87. The Balaban J connectivity index is 4.67. The maximum Gasteiger partial charge on any atom is 0.342 e. The highest BCUT2D eigenvalue weighted by molar-refractivity contribution is 7.52. The van der Waals surface area contributed by atoms with Crippen LogP contribution in [0.3, 0.4) is 0 Å². The largest absolute Gasteiger partial charge is 0.342 e. The van der Waals surface area contributed by atoms with E-state index in [1.54, 1.807) is 4.90 Å². The summed E-state index contributed by atoms with van der Waals surface area (Å²) in [6.07, 6.45) is 1.58. The van der Waals surface area contributed by atoms with Gasteiger partial charge in [-0.05, 0) is 25.8 Å². The molecule has 0 fully saturated rings. The van der Waals surface area contributed by atoms with Gasteiger partial charge >= 0.3 is 15.2 Å². The van der Waals surface area contributed by atoms with E-state index >= 15 is 0 Å². The van der Waals surface area contributed by atoms with E-state index < -0.39 is 26.6 Å². The Morgan fingerprint density at radius 2 is 1.25 bits per heavy atom. The lowest BCUT2D eigenvalue weighted by atomic mass is 10.1. The molecule has 0 aliphatic heterocycles. The Morgan fingerprint density at radius 3 is 1.62 bits per heavy atom. The van der Waals surface area contributed by atoms with Gasteiger partial charge in [0.1, 0.15) is 5.78 Å². The Kier molecular flexibility index (Phi) is 11.8. The first-order chi connectivity index (χ1) is 11.1. The van der Waals surface area contributed by atoms with Crippen molar-refractivity contribution in [2.45, 2.75) is 43.5 Å². The van der Waals surface area contributed by atoms with Gasteiger partial charge in [-0.3, -0.25) is 14.0 Å². The highest BCUT2D eigenvalue weighted by atomic mass is 31.2. The maximum atomic E-state index is 11.7. The quantitative estimate of drug-likeness (QED) is 0.145. The van der Waals surface area contributed by atoms with Crippen LogP contribution in [0.15, 0.2) is 0 Å². The molecule has 146 valence electrons. The summed E-state index contributed by atoms with van der Waals surface area (Å²) in [6.45, 7) is 1.35. The molecule has 0 aliphatic rings. The standard InChI is InChI=1S/C12H32N4O6P2/c13-6-5-11(23(17,18)19)3-1-2-4-12(24(20,21)22)16(9-7-14)10-8-15/h11-12H,1-10,13-15H2,(H2,17,18,19)(H2,20,21,22). The fourth-order valence-electron chi connectivity index (χ4n) is 2.68. The Morgan fingerprint density at radius 1 is 0.750 bits per heavy atom. The van der Waals surface area contributed by atoms with E-state index in [4.69, 9.17) is 17.2 Å². The molecule has 12 heteroatoms. The summed E-state index contributed by atoms with van der Waals surface area (Å²) < 4.78 is 23.1. The summed E-state index contributed by atoms with van der Waals surface area (Å²) >= 11 is 0. The van der Waals surface area contributed by atoms with Crippen LogP contribution in [0.1, 0.15) is 32.1 Å². The van der Waals surface area contributed by atoms with E-state index in [1.807, 2.05) is 0 Å². The predicted octanol–water partition coefficient (Wildman–Crippen LogP) is -0.835. The minimum Gasteiger partial charge on any atom is -0.330 e. The smallest absolute Gasteiger partial charge is 0.330 e. The summed E-state index contributed by atoms with van der Waals surface area (Å²) in [5, 5.41) is 0. The molecule has 0 radical (unpaired) electrons. The topological polar surface area (TPSA) is 196 Å². The van der Waals surface area contributed by atoms with E-state index in [1.165, 1.54) is 0 Å². The van der Waals surface area contributed by atoms with Crippen molar-refractivity contribution in [3.63, 3.8) is 0 Å². The second-order valence-electron chi connectivity index (χ2n) is 5.79. The van der Waals surface area contributed by atoms with Crippen molar-refractivity contribution < 1.29 is 28.7 Å². The van der Waals surface area contributed by atoms with Gasteiger partial charge in [0.2, 0.25) is 0 Å². The number of nitrogens with zero attached hydrogens (tertiary/aromatic N) is 1. The predicted molar refractivity (Wildman–Crippen MR) is 93.5 cm³/mol. The normalized spacial score (nSPS) is 15.7. The summed E-state index contributed by atoms with van der Waals surface area (Å²) in [5.41, 5.74) is 15.5. The van der Waals surface area contributed by atoms with Crippen LogP contribution >= 0.6 is 15.2 Å². The van der Waals surface area contributed by atoms with Crippen LogP contribution < -0.4 is 17.2 Å². The van der Waals surface area contributed by atoms with E-state index in [2.05, 4.69) is 0 Å². The maximum absolute atomic E-state index is 11.7. The van der Waals surface area contributed by atoms with Gasteiger partial charge < -0.3 is 36.8 Å². The third kappa shape index (κ3) is 9.58. The first kappa shape index (κ1) is 24.1.